The number of esters is 1. The number of carbonyl (C=O) groups excluding carboxylic acids is 2. The lowest BCUT2D eigenvalue weighted by atomic mass is 10.1. The second-order valence-electron chi connectivity index (χ2n) is 5.73. The predicted octanol–water partition coefficient (Wildman–Crippen LogP) is 2.06. The highest BCUT2D eigenvalue weighted by atomic mass is 16.6. The number of aliphatic hydroxyl groups is 1. The molecular formula is C19H18N4O6. The van der Waals surface area contributed by atoms with E-state index in [1.165, 1.54) is 12.1 Å². The van der Waals surface area contributed by atoms with Crippen molar-refractivity contribution in [3.63, 3.8) is 0 Å². The molecule has 10 heteroatoms. The second-order valence-corrected chi connectivity index (χ2v) is 5.73. The number of aliphatic hydroxyl groups excluding tert-OH is 1. The third-order valence-electron chi connectivity index (χ3n) is 3.75. The molecule has 0 heterocycles. The quantitative estimate of drug-likeness (QED) is 0.329. The lowest BCUT2D eigenvalue weighted by Crippen LogP contribution is -2.18. The average molecular weight is 398 g/mol. The number of nitrogens with one attached hydrogen (secondary N) is 2. The maximum atomic E-state index is 12.3. The van der Waals surface area contributed by atoms with Crippen molar-refractivity contribution in [1.82, 2.24) is 0 Å². The van der Waals surface area contributed by atoms with E-state index in [0.29, 0.717) is 11.3 Å². The van der Waals surface area contributed by atoms with Crippen molar-refractivity contribution in [3.8, 4) is 6.07 Å². The van der Waals surface area contributed by atoms with Crippen molar-refractivity contribution in [2.75, 3.05) is 30.4 Å². The molecule has 150 valence electrons. The van der Waals surface area contributed by atoms with Gasteiger partial charge in [-0.15, -0.1) is 0 Å². The maximum Gasteiger partial charge on any atom is 0.340 e. The van der Waals surface area contributed by atoms with Crippen LogP contribution in [0.4, 0.5) is 17.1 Å². The number of nitro groups is 1. The molecule has 0 aliphatic heterocycles. The van der Waals surface area contributed by atoms with E-state index in [2.05, 4.69) is 10.6 Å². The van der Waals surface area contributed by atoms with Gasteiger partial charge in [0.25, 0.3) is 5.69 Å². The van der Waals surface area contributed by atoms with Crippen LogP contribution in [0.15, 0.2) is 42.5 Å². The number of rotatable bonds is 9. The summed E-state index contributed by atoms with van der Waals surface area (Å²) < 4.78 is 5.06. The summed E-state index contributed by atoms with van der Waals surface area (Å²) in [4.78, 5) is 34.6. The highest BCUT2D eigenvalue weighted by Gasteiger charge is 2.18. The van der Waals surface area contributed by atoms with Crippen molar-refractivity contribution < 1.29 is 24.4 Å². The van der Waals surface area contributed by atoms with Gasteiger partial charge in [0.05, 0.1) is 34.8 Å². The number of nitro benzene ring substituents is 1. The summed E-state index contributed by atoms with van der Waals surface area (Å²) in [6, 6.07) is 12.0. The Bertz CT molecular complexity index is 954. The molecule has 0 spiro atoms. The number of para-hydroxylation sites is 1. The molecule has 2 rings (SSSR count). The molecule has 0 atom stereocenters. The fourth-order valence-corrected chi connectivity index (χ4v) is 2.38. The minimum atomic E-state index is -0.848. The number of ether oxygens (including phenoxy) is 1. The zero-order valence-corrected chi connectivity index (χ0v) is 15.3. The molecule has 0 saturated carbocycles. The van der Waals surface area contributed by atoms with Crippen LogP contribution in [0.2, 0.25) is 0 Å². The van der Waals surface area contributed by atoms with Crippen LogP contribution in [0.1, 0.15) is 22.3 Å². The van der Waals surface area contributed by atoms with Gasteiger partial charge in [0.2, 0.25) is 5.91 Å². The van der Waals surface area contributed by atoms with Gasteiger partial charge in [0.15, 0.2) is 0 Å². The SMILES string of the molecule is N#Cc1ccccc1NC(=O)CCOC(=O)c1cc([N+](=O)[O-])ccc1NCCO. The van der Waals surface area contributed by atoms with Crippen LogP contribution >= 0.6 is 0 Å². The van der Waals surface area contributed by atoms with E-state index < -0.39 is 16.8 Å². The van der Waals surface area contributed by atoms with Gasteiger partial charge in [-0.2, -0.15) is 5.26 Å². The van der Waals surface area contributed by atoms with Crippen LogP contribution in [0.5, 0.6) is 0 Å². The van der Waals surface area contributed by atoms with E-state index >= 15 is 0 Å². The number of hydrogen-bond acceptors (Lipinski definition) is 8. The third kappa shape index (κ3) is 6.02. The van der Waals surface area contributed by atoms with E-state index in [1.807, 2.05) is 6.07 Å². The summed E-state index contributed by atoms with van der Waals surface area (Å²) in [5, 5.41) is 34.2. The fourth-order valence-electron chi connectivity index (χ4n) is 2.38. The maximum absolute atomic E-state index is 12.3. The second kappa shape index (κ2) is 10.4. The molecule has 0 radical (unpaired) electrons. The zero-order chi connectivity index (χ0) is 21.2. The monoisotopic (exact) mass is 398 g/mol. The number of amides is 1. The summed E-state index contributed by atoms with van der Waals surface area (Å²) in [6.45, 7) is -0.323. The molecule has 0 bridgehead atoms. The number of non-ortho nitro benzene ring substituents is 1. The molecule has 0 aromatic heterocycles. The molecule has 0 saturated heterocycles. The third-order valence-corrected chi connectivity index (χ3v) is 3.75. The first-order valence-corrected chi connectivity index (χ1v) is 8.55. The molecule has 10 nitrogen and oxygen atoms in total. The number of benzene rings is 2. The number of nitrogens with zero attached hydrogens (tertiary/aromatic N) is 2. The lowest BCUT2D eigenvalue weighted by Gasteiger charge is -2.11. The molecule has 1 amide bonds. The summed E-state index contributed by atoms with van der Waals surface area (Å²) >= 11 is 0. The Morgan fingerprint density at radius 3 is 2.66 bits per heavy atom. The van der Waals surface area contributed by atoms with Gasteiger partial charge in [-0.3, -0.25) is 14.9 Å². The smallest absolute Gasteiger partial charge is 0.340 e. The number of carbonyl (C=O) groups is 2. The van der Waals surface area contributed by atoms with Gasteiger partial charge in [0, 0.05) is 24.4 Å². The Labute approximate surface area is 165 Å². The van der Waals surface area contributed by atoms with Crippen LogP contribution in [-0.2, 0) is 9.53 Å². The molecule has 2 aromatic carbocycles. The summed E-state index contributed by atoms with van der Waals surface area (Å²) in [5.41, 5.74) is 0.539. The number of anilines is 2. The van der Waals surface area contributed by atoms with Crippen molar-refractivity contribution in [2.24, 2.45) is 0 Å². The Hall–Kier alpha value is -3.97. The molecular weight excluding hydrogens is 380 g/mol. The first kappa shape index (κ1) is 21.3. The number of hydrogen-bond donors (Lipinski definition) is 3. The molecule has 3 N–H and O–H groups in total. The molecule has 0 fully saturated rings. The van der Waals surface area contributed by atoms with Gasteiger partial charge in [-0.1, -0.05) is 12.1 Å². The Morgan fingerprint density at radius 1 is 1.21 bits per heavy atom. The highest BCUT2D eigenvalue weighted by molar-refractivity contribution is 5.97. The number of nitriles is 1. The van der Waals surface area contributed by atoms with E-state index in [0.717, 1.165) is 6.07 Å². The van der Waals surface area contributed by atoms with Crippen molar-refractivity contribution in [3.05, 3.63) is 63.7 Å². The molecule has 0 aliphatic carbocycles. The van der Waals surface area contributed by atoms with E-state index in [4.69, 9.17) is 15.1 Å². The molecule has 0 unspecified atom stereocenters. The van der Waals surface area contributed by atoms with Gasteiger partial charge in [0.1, 0.15) is 12.7 Å². The fraction of sp³-hybridized carbons (Fsp3) is 0.211. The minimum absolute atomic E-state index is 0.0807. The largest absolute Gasteiger partial charge is 0.461 e. The van der Waals surface area contributed by atoms with Gasteiger partial charge < -0.3 is 20.5 Å². The zero-order valence-electron chi connectivity index (χ0n) is 15.3. The van der Waals surface area contributed by atoms with E-state index in [1.54, 1.807) is 24.3 Å². The van der Waals surface area contributed by atoms with Crippen molar-refractivity contribution in [1.29, 1.82) is 5.26 Å². The van der Waals surface area contributed by atoms with Crippen molar-refractivity contribution in [2.45, 2.75) is 6.42 Å². The van der Waals surface area contributed by atoms with E-state index in [9.17, 15) is 19.7 Å². The molecule has 0 aliphatic rings. The van der Waals surface area contributed by atoms with Crippen LogP contribution in [-0.4, -0.2) is 41.7 Å². The first-order valence-electron chi connectivity index (χ1n) is 8.55. The molecule has 2 aromatic rings. The summed E-state index contributed by atoms with van der Waals surface area (Å²) in [7, 11) is 0. The van der Waals surface area contributed by atoms with Gasteiger partial charge in [-0.25, -0.2) is 4.79 Å². The van der Waals surface area contributed by atoms with Crippen LogP contribution in [0, 0.1) is 21.4 Å². The minimum Gasteiger partial charge on any atom is -0.461 e. The van der Waals surface area contributed by atoms with Crippen molar-refractivity contribution >= 4 is 28.9 Å². The van der Waals surface area contributed by atoms with Crippen LogP contribution in [0.25, 0.3) is 0 Å². The summed E-state index contributed by atoms with van der Waals surface area (Å²) in [5.74, 6) is -1.31. The van der Waals surface area contributed by atoms with E-state index in [-0.39, 0.29) is 43.1 Å². The van der Waals surface area contributed by atoms with Crippen LogP contribution in [0.3, 0.4) is 0 Å². The highest BCUT2D eigenvalue weighted by Crippen LogP contribution is 2.23. The average Bonchev–Trinajstić information content (AvgIpc) is 2.72. The normalized spacial score (nSPS) is 9.93. The predicted molar refractivity (Wildman–Crippen MR) is 103 cm³/mol. The van der Waals surface area contributed by atoms with Gasteiger partial charge in [-0.05, 0) is 18.2 Å². The standard InChI is InChI=1S/C19H18N4O6/c20-12-13-3-1-2-4-16(13)22-18(25)7-10-29-19(26)15-11-14(23(27)28)5-6-17(15)21-8-9-24/h1-6,11,21,24H,7-10H2,(H,22,25). The lowest BCUT2D eigenvalue weighted by molar-refractivity contribution is -0.384. The van der Waals surface area contributed by atoms with Gasteiger partial charge >= 0.3 is 5.97 Å². The Balaban J connectivity index is 1.99. The Kier molecular flexibility index (Phi) is 7.64. The first-order chi connectivity index (χ1) is 14.0. The topological polar surface area (TPSA) is 155 Å². The Morgan fingerprint density at radius 2 is 1.97 bits per heavy atom. The summed E-state index contributed by atoms with van der Waals surface area (Å²) in [6.07, 6.45) is -0.167. The molecule has 29 heavy (non-hydrogen) atoms. The van der Waals surface area contributed by atoms with Crippen LogP contribution < -0.4 is 10.6 Å².